The second kappa shape index (κ2) is 5.20. The van der Waals surface area contributed by atoms with E-state index in [2.05, 4.69) is 15.0 Å². The lowest BCUT2D eigenvalue weighted by atomic mass is 10.4. The minimum atomic E-state index is 0.132. The molecule has 0 radical (unpaired) electrons. The number of hydrogen-bond acceptors (Lipinski definition) is 6. The maximum absolute atomic E-state index is 6.03. The molecule has 0 saturated heterocycles. The number of nitrogens with two attached hydrogens (primary N) is 2. The molecule has 2 aromatic rings. The third kappa shape index (κ3) is 3.21. The zero-order valence-electron chi connectivity index (χ0n) is 8.80. The van der Waals surface area contributed by atoms with Crippen LogP contribution in [0.3, 0.4) is 0 Å². The molecular formula is C10H10ClN5S. The number of aromatic nitrogens is 3. The monoisotopic (exact) mass is 267 g/mol. The van der Waals surface area contributed by atoms with Crippen LogP contribution in [-0.2, 0) is 5.75 Å². The van der Waals surface area contributed by atoms with Crippen molar-refractivity contribution in [3.8, 4) is 0 Å². The van der Waals surface area contributed by atoms with Crippen molar-refractivity contribution in [2.45, 2.75) is 10.6 Å². The van der Waals surface area contributed by atoms with Gasteiger partial charge in [-0.3, -0.25) is 0 Å². The molecule has 2 rings (SSSR count). The summed E-state index contributed by atoms with van der Waals surface area (Å²) in [6.07, 6.45) is 0. The first-order valence-electron chi connectivity index (χ1n) is 4.78. The fraction of sp³-hybridized carbons (Fsp3) is 0.100. The van der Waals surface area contributed by atoms with Crippen LogP contribution < -0.4 is 11.5 Å². The lowest BCUT2D eigenvalue weighted by molar-refractivity contribution is 0.988. The Hall–Kier alpha value is -1.53. The van der Waals surface area contributed by atoms with Crippen LogP contribution in [0.1, 0.15) is 5.82 Å². The molecule has 0 bridgehead atoms. The fourth-order valence-corrected chi connectivity index (χ4v) is 2.32. The highest BCUT2D eigenvalue weighted by molar-refractivity contribution is 7.98. The highest BCUT2D eigenvalue weighted by atomic mass is 35.5. The van der Waals surface area contributed by atoms with E-state index in [1.54, 1.807) is 0 Å². The van der Waals surface area contributed by atoms with Gasteiger partial charge in [-0.2, -0.15) is 15.0 Å². The first-order chi connectivity index (χ1) is 8.15. The van der Waals surface area contributed by atoms with Crippen LogP contribution in [0.15, 0.2) is 29.2 Å². The number of nitrogen functional groups attached to an aromatic ring is 2. The summed E-state index contributed by atoms with van der Waals surface area (Å²) in [6, 6.07) is 7.57. The summed E-state index contributed by atoms with van der Waals surface area (Å²) >= 11 is 7.55. The van der Waals surface area contributed by atoms with Gasteiger partial charge in [-0.15, -0.1) is 11.8 Å². The van der Waals surface area contributed by atoms with E-state index >= 15 is 0 Å². The van der Waals surface area contributed by atoms with Gasteiger partial charge in [-0.1, -0.05) is 23.7 Å². The zero-order chi connectivity index (χ0) is 12.3. The molecule has 0 amide bonds. The quantitative estimate of drug-likeness (QED) is 0.827. The van der Waals surface area contributed by atoms with E-state index in [4.69, 9.17) is 23.1 Å². The molecule has 4 N–H and O–H groups in total. The summed E-state index contributed by atoms with van der Waals surface area (Å²) in [5, 5.41) is 0.701. The van der Waals surface area contributed by atoms with E-state index in [1.807, 2.05) is 24.3 Å². The van der Waals surface area contributed by atoms with E-state index in [0.29, 0.717) is 16.6 Å². The topological polar surface area (TPSA) is 90.7 Å². The molecule has 0 aliphatic rings. The van der Waals surface area contributed by atoms with E-state index in [0.717, 1.165) is 4.90 Å². The van der Waals surface area contributed by atoms with E-state index < -0.39 is 0 Å². The minimum Gasteiger partial charge on any atom is -0.368 e. The molecule has 0 atom stereocenters. The van der Waals surface area contributed by atoms with Gasteiger partial charge in [-0.05, 0) is 12.1 Å². The molecule has 5 nitrogen and oxygen atoms in total. The molecule has 1 aromatic carbocycles. The first-order valence-corrected chi connectivity index (χ1v) is 6.15. The number of rotatable bonds is 3. The Bertz CT molecular complexity index is 514. The average Bonchev–Trinajstić information content (AvgIpc) is 2.27. The van der Waals surface area contributed by atoms with Crippen LogP contribution in [0.25, 0.3) is 0 Å². The molecule has 0 spiro atoms. The summed E-state index contributed by atoms with van der Waals surface area (Å²) in [5.41, 5.74) is 11.0. The molecule has 1 aromatic heterocycles. The molecule has 0 fully saturated rings. The highest BCUT2D eigenvalue weighted by Gasteiger charge is 2.05. The van der Waals surface area contributed by atoms with Crippen LogP contribution in [0, 0.1) is 0 Å². The van der Waals surface area contributed by atoms with Gasteiger partial charge in [0.2, 0.25) is 11.9 Å². The smallest absolute Gasteiger partial charge is 0.225 e. The Labute approximate surface area is 108 Å². The Kier molecular flexibility index (Phi) is 3.65. The zero-order valence-corrected chi connectivity index (χ0v) is 10.4. The van der Waals surface area contributed by atoms with Crippen LogP contribution in [0.2, 0.25) is 5.02 Å². The molecule has 7 heteroatoms. The van der Waals surface area contributed by atoms with Gasteiger partial charge in [0.25, 0.3) is 0 Å². The van der Waals surface area contributed by atoms with Gasteiger partial charge in [-0.25, -0.2) is 0 Å². The average molecular weight is 268 g/mol. The minimum absolute atomic E-state index is 0.132. The predicted molar refractivity (Wildman–Crippen MR) is 69.7 cm³/mol. The van der Waals surface area contributed by atoms with Crippen molar-refractivity contribution in [1.29, 1.82) is 0 Å². The normalized spacial score (nSPS) is 10.4. The standard InChI is InChI=1S/C10H10ClN5S/c11-6-3-1-2-4-7(6)17-5-8-14-9(12)16-10(13)15-8/h1-4H,5H2,(H4,12,13,14,15,16). The Morgan fingerprint density at radius 2 is 1.71 bits per heavy atom. The number of nitrogens with zero attached hydrogens (tertiary/aromatic N) is 3. The third-order valence-corrected chi connectivity index (χ3v) is 3.42. The van der Waals surface area contributed by atoms with Crippen molar-refractivity contribution in [2.75, 3.05) is 11.5 Å². The lowest BCUT2D eigenvalue weighted by Crippen LogP contribution is -2.05. The summed E-state index contributed by atoms with van der Waals surface area (Å²) in [5.74, 6) is 1.35. The van der Waals surface area contributed by atoms with Crippen molar-refractivity contribution < 1.29 is 0 Å². The summed E-state index contributed by atoms with van der Waals surface area (Å²) < 4.78 is 0. The second-order valence-electron chi connectivity index (χ2n) is 3.19. The van der Waals surface area contributed by atoms with Gasteiger partial charge in [0.05, 0.1) is 10.8 Å². The Morgan fingerprint density at radius 1 is 1.06 bits per heavy atom. The molecular weight excluding hydrogens is 258 g/mol. The van der Waals surface area contributed by atoms with Crippen molar-refractivity contribution in [3.05, 3.63) is 35.1 Å². The molecule has 1 heterocycles. The van der Waals surface area contributed by atoms with E-state index in [9.17, 15) is 0 Å². The van der Waals surface area contributed by atoms with Gasteiger partial charge in [0.1, 0.15) is 5.82 Å². The SMILES string of the molecule is Nc1nc(N)nc(CSc2ccccc2Cl)n1. The van der Waals surface area contributed by atoms with Crippen LogP contribution in [-0.4, -0.2) is 15.0 Å². The van der Waals surface area contributed by atoms with E-state index in [1.165, 1.54) is 11.8 Å². The van der Waals surface area contributed by atoms with Crippen LogP contribution in [0.4, 0.5) is 11.9 Å². The van der Waals surface area contributed by atoms with Crippen molar-refractivity contribution >= 4 is 35.3 Å². The van der Waals surface area contributed by atoms with Gasteiger partial charge < -0.3 is 11.5 Å². The summed E-state index contributed by atoms with van der Waals surface area (Å²) in [7, 11) is 0. The Morgan fingerprint density at radius 3 is 2.35 bits per heavy atom. The maximum atomic E-state index is 6.03. The molecule has 88 valence electrons. The number of thioether (sulfide) groups is 1. The number of halogens is 1. The highest BCUT2D eigenvalue weighted by Crippen LogP contribution is 2.28. The number of anilines is 2. The van der Waals surface area contributed by atoms with Crippen LogP contribution >= 0.6 is 23.4 Å². The number of hydrogen-bond donors (Lipinski definition) is 2. The number of benzene rings is 1. The van der Waals surface area contributed by atoms with Crippen molar-refractivity contribution in [1.82, 2.24) is 15.0 Å². The predicted octanol–water partition coefficient (Wildman–Crippen LogP) is 1.98. The van der Waals surface area contributed by atoms with Crippen molar-refractivity contribution in [2.24, 2.45) is 0 Å². The van der Waals surface area contributed by atoms with Gasteiger partial charge in [0, 0.05) is 4.90 Å². The second-order valence-corrected chi connectivity index (χ2v) is 4.61. The maximum Gasteiger partial charge on any atom is 0.225 e. The summed E-state index contributed by atoms with van der Waals surface area (Å²) in [6.45, 7) is 0. The molecule has 17 heavy (non-hydrogen) atoms. The fourth-order valence-electron chi connectivity index (χ4n) is 1.23. The van der Waals surface area contributed by atoms with Crippen LogP contribution in [0.5, 0.6) is 0 Å². The molecule has 0 unspecified atom stereocenters. The van der Waals surface area contributed by atoms with Gasteiger partial charge in [0.15, 0.2) is 0 Å². The Balaban J connectivity index is 2.10. The summed E-state index contributed by atoms with van der Waals surface area (Å²) in [4.78, 5) is 12.7. The van der Waals surface area contributed by atoms with E-state index in [-0.39, 0.29) is 11.9 Å². The largest absolute Gasteiger partial charge is 0.368 e. The molecule has 0 aliphatic carbocycles. The van der Waals surface area contributed by atoms with Crippen molar-refractivity contribution in [3.63, 3.8) is 0 Å². The van der Waals surface area contributed by atoms with Gasteiger partial charge >= 0.3 is 0 Å². The third-order valence-electron chi connectivity index (χ3n) is 1.91. The first kappa shape index (κ1) is 11.9. The molecule has 0 aliphatic heterocycles. The lowest BCUT2D eigenvalue weighted by Gasteiger charge is -2.03. The molecule has 0 saturated carbocycles.